The first kappa shape index (κ1) is 15.4. The van der Waals surface area contributed by atoms with Gasteiger partial charge in [0.15, 0.2) is 0 Å². The van der Waals surface area contributed by atoms with Gasteiger partial charge in [0.05, 0.1) is 14.7 Å². The SMILES string of the molecule is CC/C=C(\C(=O)OCC)[Si](CC)(CC)CC. The van der Waals surface area contributed by atoms with Gasteiger partial charge >= 0.3 is 5.97 Å². The molecule has 0 aliphatic heterocycles. The van der Waals surface area contributed by atoms with Crippen LogP contribution in [0.25, 0.3) is 0 Å². The molecule has 94 valence electrons. The molecular formula is C13H26O2Si. The van der Waals surface area contributed by atoms with Gasteiger partial charge in [-0.1, -0.05) is 51.9 Å². The van der Waals surface area contributed by atoms with E-state index in [0.717, 1.165) is 29.7 Å². The van der Waals surface area contributed by atoms with Crippen molar-refractivity contribution in [3.63, 3.8) is 0 Å². The van der Waals surface area contributed by atoms with E-state index in [4.69, 9.17) is 4.74 Å². The van der Waals surface area contributed by atoms with E-state index >= 15 is 0 Å². The van der Waals surface area contributed by atoms with E-state index < -0.39 is 8.07 Å². The fraction of sp³-hybridized carbons (Fsp3) is 0.769. The number of carbonyl (C=O) groups is 1. The van der Waals surface area contributed by atoms with Crippen molar-refractivity contribution in [1.29, 1.82) is 0 Å². The number of allylic oxidation sites excluding steroid dienone is 1. The average molecular weight is 242 g/mol. The van der Waals surface area contributed by atoms with Crippen molar-refractivity contribution in [3.05, 3.63) is 11.3 Å². The Labute approximate surface area is 101 Å². The summed E-state index contributed by atoms with van der Waals surface area (Å²) in [5.74, 6) is -0.0680. The monoisotopic (exact) mass is 242 g/mol. The maximum absolute atomic E-state index is 12.0. The van der Waals surface area contributed by atoms with Gasteiger partial charge in [0.1, 0.15) is 0 Å². The number of ether oxygens (including phenoxy) is 1. The van der Waals surface area contributed by atoms with Crippen LogP contribution >= 0.6 is 0 Å². The third-order valence-electron chi connectivity index (χ3n) is 3.51. The maximum atomic E-state index is 12.0. The lowest BCUT2D eigenvalue weighted by atomic mass is 10.4. The zero-order chi connectivity index (χ0) is 12.6. The van der Waals surface area contributed by atoms with Gasteiger partial charge in [0, 0.05) is 5.20 Å². The van der Waals surface area contributed by atoms with Crippen LogP contribution in [0.5, 0.6) is 0 Å². The highest BCUT2D eigenvalue weighted by Gasteiger charge is 2.35. The Morgan fingerprint density at radius 2 is 1.56 bits per heavy atom. The molecule has 0 atom stereocenters. The fourth-order valence-electron chi connectivity index (χ4n) is 2.25. The van der Waals surface area contributed by atoms with Crippen LogP contribution in [0.1, 0.15) is 41.0 Å². The van der Waals surface area contributed by atoms with Gasteiger partial charge in [-0.2, -0.15) is 0 Å². The first-order valence-corrected chi connectivity index (χ1v) is 9.11. The van der Waals surface area contributed by atoms with Crippen LogP contribution in [0.4, 0.5) is 0 Å². The Morgan fingerprint density at radius 1 is 1.06 bits per heavy atom. The second-order valence-electron chi connectivity index (χ2n) is 4.09. The fourth-order valence-corrected chi connectivity index (χ4v) is 6.04. The summed E-state index contributed by atoms with van der Waals surface area (Å²) in [6.07, 6.45) is 3.02. The number of hydrogen-bond donors (Lipinski definition) is 0. The first-order valence-electron chi connectivity index (χ1n) is 6.49. The molecule has 0 heterocycles. The van der Waals surface area contributed by atoms with Crippen molar-refractivity contribution < 1.29 is 9.53 Å². The molecule has 0 aliphatic rings. The molecule has 0 spiro atoms. The van der Waals surface area contributed by atoms with E-state index in [0.29, 0.717) is 6.61 Å². The molecule has 0 aromatic carbocycles. The standard InChI is InChI=1S/C13H26O2Si/c1-6-11-12(13(14)15-7-2)16(8-3,9-4)10-5/h11H,6-10H2,1-5H3/b12-11+. The second kappa shape index (κ2) is 7.66. The van der Waals surface area contributed by atoms with Gasteiger partial charge < -0.3 is 4.74 Å². The zero-order valence-corrected chi connectivity index (χ0v) is 12.4. The molecule has 0 unspecified atom stereocenters. The van der Waals surface area contributed by atoms with Crippen molar-refractivity contribution >= 4 is 14.0 Å². The van der Waals surface area contributed by atoms with Gasteiger partial charge in [0.2, 0.25) is 0 Å². The normalized spacial score (nSPS) is 12.7. The van der Waals surface area contributed by atoms with Crippen LogP contribution in [0.2, 0.25) is 18.1 Å². The van der Waals surface area contributed by atoms with Gasteiger partial charge in [-0.25, -0.2) is 4.79 Å². The molecule has 0 saturated carbocycles. The van der Waals surface area contributed by atoms with Crippen molar-refractivity contribution in [2.45, 2.75) is 59.2 Å². The van der Waals surface area contributed by atoms with E-state index in [1.54, 1.807) is 0 Å². The van der Waals surface area contributed by atoms with Gasteiger partial charge in [-0.15, -0.1) is 0 Å². The van der Waals surface area contributed by atoms with Crippen LogP contribution in [0.15, 0.2) is 11.3 Å². The topological polar surface area (TPSA) is 26.3 Å². The molecule has 0 aromatic rings. The van der Waals surface area contributed by atoms with Gasteiger partial charge in [-0.3, -0.25) is 0 Å². The number of carbonyl (C=O) groups excluding carboxylic acids is 1. The molecule has 0 bridgehead atoms. The summed E-state index contributed by atoms with van der Waals surface area (Å²) in [6.45, 7) is 11.1. The Kier molecular flexibility index (Phi) is 7.39. The van der Waals surface area contributed by atoms with Crippen molar-refractivity contribution in [3.8, 4) is 0 Å². The quantitative estimate of drug-likeness (QED) is 0.384. The highest BCUT2D eigenvalue weighted by Crippen LogP contribution is 2.29. The summed E-state index contributed by atoms with van der Waals surface area (Å²) >= 11 is 0. The maximum Gasteiger partial charge on any atom is 0.329 e. The smallest absolute Gasteiger partial charge is 0.329 e. The van der Waals surface area contributed by atoms with Crippen LogP contribution in [-0.2, 0) is 9.53 Å². The lowest BCUT2D eigenvalue weighted by Gasteiger charge is -2.29. The van der Waals surface area contributed by atoms with Crippen molar-refractivity contribution in [1.82, 2.24) is 0 Å². The number of esters is 1. The minimum absolute atomic E-state index is 0.0680. The molecular weight excluding hydrogens is 216 g/mol. The largest absolute Gasteiger partial charge is 0.463 e. The molecule has 0 aromatic heterocycles. The highest BCUT2D eigenvalue weighted by atomic mass is 28.3. The molecule has 2 nitrogen and oxygen atoms in total. The van der Waals surface area contributed by atoms with Crippen molar-refractivity contribution in [2.24, 2.45) is 0 Å². The predicted molar refractivity (Wildman–Crippen MR) is 72.2 cm³/mol. The number of hydrogen-bond acceptors (Lipinski definition) is 2. The highest BCUT2D eigenvalue weighted by molar-refractivity contribution is 6.90. The lowest BCUT2D eigenvalue weighted by molar-refractivity contribution is -0.137. The molecule has 0 aliphatic carbocycles. The van der Waals surface area contributed by atoms with Crippen LogP contribution in [0.3, 0.4) is 0 Å². The van der Waals surface area contributed by atoms with E-state index in [1.807, 2.05) is 6.92 Å². The van der Waals surface area contributed by atoms with Crippen molar-refractivity contribution in [2.75, 3.05) is 6.61 Å². The Morgan fingerprint density at radius 3 is 1.88 bits per heavy atom. The molecule has 3 heteroatoms. The minimum atomic E-state index is -1.58. The summed E-state index contributed by atoms with van der Waals surface area (Å²) in [4.78, 5) is 12.0. The zero-order valence-electron chi connectivity index (χ0n) is 11.4. The average Bonchev–Trinajstić information content (AvgIpc) is 2.31. The molecule has 0 rings (SSSR count). The summed E-state index contributed by atoms with van der Waals surface area (Å²) in [5.41, 5.74) is 0. The Hall–Kier alpha value is -0.573. The summed E-state index contributed by atoms with van der Waals surface area (Å²) < 4.78 is 5.20. The molecule has 0 fully saturated rings. The second-order valence-corrected chi connectivity index (χ2v) is 9.31. The van der Waals surface area contributed by atoms with E-state index in [9.17, 15) is 4.79 Å². The van der Waals surface area contributed by atoms with Crippen LogP contribution < -0.4 is 0 Å². The van der Waals surface area contributed by atoms with Gasteiger partial charge in [-0.05, 0) is 13.3 Å². The minimum Gasteiger partial charge on any atom is -0.463 e. The molecule has 16 heavy (non-hydrogen) atoms. The summed E-state index contributed by atoms with van der Waals surface area (Å²) in [6, 6.07) is 3.39. The first-order chi connectivity index (χ1) is 7.61. The van der Waals surface area contributed by atoms with Crippen LogP contribution in [-0.4, -0.2) is 20.7 Å². The third kappa shape index (κ3) is 3.48. The molecule has 0 N–H and O–H groups in total. The molecule has 0 amide bonds. The van der Waals surface area contributed by atoms with Gasteiger partial charge in [0.25, 0.3) is 0 Å². The lowest BCUT2D eigenvalue weighted by Crippen LogP contribution is -2.39. The van der Waals surface area contributed by atoms with E-state index in [1.165, 1.54) is 0 Å². The van der Waals surface area contributed by atoms with E-state index in [2.05, 4.69) is 33.8 Å². The summed E-state index contributed by atoms with van der Waals surface area (Å²) in [5, 5.41) is 1.02. The third-order valence-corrected chi connectivity index (χ3v) is 9.12. The predicted octanol–water partition coefficient (Wildman–Crippen LogP) is 3.93. The molecule has 0 radical (unpaired) electrons. The summed E-state index contributed by atoms with van der Waals surface area (Å²) in [7, 11) is -1.58. The van der Waals surface area contributed by atoms with Crippen LogP contribution in [0, 0.1) is 0 Å². The Balaban J connectivity index is 5.16. The Bertz CT molecular complexity index is 234. The number of rotatable bonds is 7. The molecule has 0 saturated heterocycles. The van der Waals surface area contributed by atoms with E-state index in [-0.39, 0.29) is 5.97 Å².